The van der Waals surface area contributed by atoms with Gasteiger partial charge in [-0.3, -0.25) is 4.79 Å². The number of esters is 1. The topological polar surface area (TPSA) is 42.1 Å². The molecule has 0 aliphatic rings. The predicted octanol–water partition coefficient (Wildman–Crippen LogP) is 3.76. The highest BCUT2D eigenvalue weighted by Crippen LogP contribution is 2.18. The van der Waals surface area contributed by atoms with E-state index in [-0.39, 0.29) is 12.4 Å². The highest BCUT2D eigenvalue weighted by atomic mass is 16.5. The first-order chi connectivity index (χ1) is 10.2. The maximum Gasteiger partial charge on any atom is 0.310 e. The lowest BCUT2D eigenvalue weighted by Crippen LogP contribution is -2.07. The number of hydrogen-bond donors (Lipinski definition) is 1. The molecule has 0 unspecified atom stereocenters. The van der Waals surface area contributed by atoms with Gasteiger partial charge in [-0.2, -0.15) is 0 Å². The zero-order valence-electron chi connectivity index (χ0n) is 11.9. The smallest absolute Gasteiger partial charge is 0.310 e. The number of benzene rings is 2. The number of fused-ring (bicyclic) bond motifs is 1. The van der Waals surface area contributed by atoms with Crippen LogP contribution in [-0.4, -0.2) is 11.0 Å². The Morgan fingerprint density at radius 2 is 1.86 bits per heavy atom. The SMILES string of the molecule is Cc1ccc(COC(=O)Cc2c[nH]c3ccccc23)cc1. The number of H-pyrrole nitrogens is 1. The third kappa shape index (κ3) is 3.14. The Balaban J connectivity index is 1.62. The van der Waals surface area contributed by atoms with Crippen LogP contribution >= 0.6 is 0 Å². The summed E-state index contributed by atoms with van der Waals surface area (Å²) >= 11 is 0. The molecule has 21 heavy (non-hydrogen) atoms. The van der Waals surface area contributed by atoms with Crippen molar-refractivity contribution >= 4 is 16.9 Å². The minimum absolute atomic E-state index is 0.208. The number of para-hydroxylation sites is 1. The summed E-state index contributed by atoms with van der Waals surface area (Å²) in [6, 6.07) is 15.9. The molecule has 0 aliphatic carbocycles. The fourth-order valence-corrected chi connectivity index (χ4v) is 2.33. The van der Waals surface area contributed by atoms with Crippen LogP contribution < -0.4 is 0 Å². The summed E-state index contributed by atoms with van der Waals surface area (Å²) in [6.07, 6.45) is 2.16. The van der Waals surface area contributed by atoms with Crippen LogP contribution in [0.25, 0.3) is 10.9 Å². The van der Waals surface area contributed by atoms with E-state index in [0.717, 1.165) is 22.0 Å². The van der Waals surface area contributed by atoms with Crippen LogP contribution in [0.5, 0.6) is 0 Å². The average Bonchev–Trinajstić information content (AvgIpc) is 2.90. The Morgan fingerprint density at radius 3 is 2.67 bits per heavy atom. The van der Waals surface area contributed by atoms with E-state index in [1.54, 1.807) is 0 Å². The summed E-state index contributed by atoms with van der Waals surface area (Å²) < 4.78 is 5.34. The van der Waals surface area contributed by atoms with Gasteiger partial charge in [0.2, 0.25) is 0 Å². The molecule has 0 bridgehead atoms. The predicted molar refractivity (Wildman–Crippen MR) is 83.0 cm³/mol. The molecule has 0 atom stereocenters. The second-order valence-corrected chi connectivity index (χ2v) is 5.18. The fraction of sp³-hybridized carbons (Fsp3) is 0.167. The van der Waals surface area contributed by atoms with Crippen molar-refractivity contribution in [1.29, 1.82) is 0 Å². The molecule has 3 heteroatoms. The van der Waals surface area contributed by atoms with Crippen molar-refractivity contribution in [2.45, 2.75) is 20.0 Å². The van der Waals surface area contributed by atoms with Gasteiger partial charge in [0.15, 0.2) is 0 Å². The van der Waals surface area contributed by atoms with Crippen molar-refractivity contribution in [3.05, 3.63) is 71.4 Å². The van der Waals surface area contributed by atoms with Gasteiger partial charge in [0.05, 0.1) is 6.42 Å². The summed E-state index contributed by atoms with van der Waals surface area (Å²) in [5.74, 6) is -0.208. The Hall–Kier alpha value is -2.55. The minimum Gasteiger partial charge on any atom is -0.461 e. The first kappa shape index (κ1) is 13.4. The molecule has 1 heterocycles. The normalized spacial score (nSPS) is 10.7. The monoisotopic (exact) mass is 279 g/mol. The second kappa shape index (κ2) is 5.83. The van der Waals surface area contributed by atoms with E-state index < -0.39 is 0 Å². The summed E-state index contributed by atoms with van der Waals surface area (Å²) in [5.41, 5.74) is 4.22. The molecular weight excluding hydrogens is 262 g/mol. The van der Waals surface area contributed by atoms with E-state index >= 15 is 0 Å². The molecule has 0 radical (unpaired) electrons. The van der Waals surface area contributed by atoms with Gasteiger partial charge in [0, 0.05) is 17.1 Å². The average molecular weight is 279 g/mol. The molecule has 3 nitrogen and oxygen atoms in total. The van der Waals surface area contributed by atoms with Crippen LogP contribution in [0.3, 0.4) is 0 Å². The molecule has 0 aliphatic heterocycles. The number of aromatic amines is 1. The quantitative estimate of drug-likeness (QED) is 0.739. The van der Waals surface area contributed by atoms with Crippen molar-refractivity contribution in [1.82, 2.24) is 4.98 Å². The van der Waals surface area contributed by atoms with Gasteiger partial charge in [-0.15, -0.1) is 0 Å². The van der Waals surface area contributed by atoms with Gasteiger partial charge >= 0.3 is 5.97 Å². The lowest BCUT2D eigenvalue weighted by molar-refractivity contribution is -0.144. The Morgan fingerprint density at radius 1 is 1.10 bits per heavy atom. The Bertz CT molecular complexity index is 756. The van der Waals surface area contributed by atoms with Gasteiger partial charge in [-0.1, -0.05) is 48.0 Å². The Kier molecular flexibility index (Phi) is 3.73. The number of carbonyl (C=O) groups is 1. The van der Waals surface area contributed by atoms with Crippen molar-refractivity contribution < 1.29 is 9.53 Å². The van der Waals surface area contributed by atoms with E-state index in [2.05, 4.69) is 4.98 Å². The standard InChI is InChI=1S/C18H17NO2/c1-13-6-8-14(9-7-13)12-21-18(20)10-15-11-19-17-5-3-2-4-16(15)17/h2-9,11,19H,10,12H2,1H3. The molecule has 1 N–H and O–H groups in total. The number of hydrogen-bond acceptors (Lipinski definition) is 2. The summed E-state index contributed by atoms with van der Waals surface area (Å²) in [4.78, 5) is 15.1. The summed E-state index contributed by atoms with van der Waals surface area (Å²) in [7, 11) is 0. The molecule has 3 aromatic rings. The number of rotatable bonds is 4. The minimum atomic E-state index is -0.208. The number of nitrogens with one attached hydrogen (secondary N) is 1. The van der Waals surface area contributed by atoms with Gasteiger partial charge in [-0.05, 0) is 24.1 Å². The second-order valence-electron chi connectivity index (χ2n) is 5.18. The van der Waals surface area contributed by atoms with Crippen molar-refractivity contribution in [2.24, 2.45) is 0 Å². The van der Waals surface area contributed by atoms with Crippen LogP contribution in [0.15, 0.2) is 54.7 Å². The molecule has 106 valence electrons. The molecule has 0 saturated heterocycles. The summed E-state index contributed by atoms with van der Waals surface area (Å²) in [6.45, 7) is 2.36. The van der Waals surface area contributed by atoms with Crippen molar-refractivity contribution in [3.63, 3.8) is 0 Å². The van der Waals surface area contributed by atoms with E-state index in [1.165, 1.54) is 5.56 Å². The van der Waals surface area contributed by atoms with Gasteiger partial charge < -0.3 is 9.72 Å². The lowest BCUT2D eigenvalue weighted by atomic mass is 10.1. The summed E-state index contributed by atoms with van der Waals surface area (Å²) in [5, 5.41) is 1.07. The van der Waals surface area contributed by atoms with Crippen LogP contribution in [0.1, 0.15) is 16.7 Å². The molecule has 2 aromatic carbocycles. The fourth-order valence-electron chi connectivity index (χ4n) is 2.33. The number of aromatic nitrogens is 1. The molecule has 1 aromatic heterocycles. The lowest BCUT2D eigenvalue weighted by Gasteiger charge is -2.05. The highest BCUT2D eigenvalue weighted by molar-refractivity contribution is 5.87. The molecular formula is C18H17NO2. The first-order valence-corrected chi connectivity index (χ1v) is 6.98. The number of carbonyl (C=O) groups excluding carboxylic acids is 1. The van der Waals surface area contributed by atoms with E-state index in [0.29, 0.717) is 6.61 Å². The zero-order chi connectivity index (χ0) is 14.7. The first-order valence-electron chi connectivity index (χ1n) is 6.98. The van der Waals surface area contributed by atoms with E-state index in [9.17, 15) is 4.79 Å². The molecule has 0 saturated carbocycles. The molecule has 0 amide bonds. The van der Waals surface area contributed by atoms with E-state index in [1.807, 2.05) is 61.7 Å². The van der Waals surface area contributed by atoms with Crippen LogP contribution in [-0.2, 0) is 22.6 Å². The molecule has 0 spiro atoms. The molecule has 0 fully saturated rings. The third-order valence-corrected chi connectivity index (χ3v) is 3.53. The van der Waals surface area contributed by atoms with Gasteiger partial charge in [0.25, 0.3) is 0 Å². The van der Waals surface area contributed by atoms with Crippen LogP contribution in [0, 0.1) is 6.92 Å². The van der Waals surface area contributed by atoms with Gasteiger partial charge in [0.1, 0.15) is 6.61 Å². The number of aryl methyl sites for hydroxylation is 1. The third-order valence-electron chi connectivity index (χ3n) is 3.53. The van der Waals surface area contributed by atoms with Crippen molar-refractivity contribution in [3.8, 4) is 0 Å². The maximum atomic E-state index is 12.0. The number of ether oxygens (including phenoxy) is 1. The van der Waals surface area contributed by atoms with Crippen LogP contribution in [0.4, 0.5) is 0 Å². The zero-order valence-corrected chi connectivity index (χ0v) is 11.9. The molecule has 3 rings (SSSR count). The van der Waals surface area contributed by atoms with Crippen molar-refractivity contribution in [2.75, 3.05) is 0 Å². The Labute approximate surface area is 123 Å². The van der Waals surface area contributed by atoms with E-state index in [4.69, 9.17) is 4.74 Å². The largest absolute Gasteiger partial charge is 0.461 e. The maximum absolute atomic E-state index is 12.0. The highest BCUT2D eigenvalue weighted by Gasteiger charge is 2.09. The van der Waals surface area contributed by atoms with Crippen LogP contribution in [0.2, 0.25) is 0 Å². The van der Waals surface area contributed by atoms with Gasteiger partial charge in [-0.25, -0.2) is 0 Å².